The molecule has 0 saturated carbocycles. The zero-order valence-corrected chi connectivity index (χ0v) is 11.7. The summed E-state index contributed by atoms with van der Waals surface area (Å²) < 4.78 is 0. The highest BCUT2D eigenvalue weighted by Gasteiger charge is 2.27. The predicted octanol–water partition coefficient (Wildman–Crippen LogP) is 1.04. The van der Waals surface area contributed by atoms with E-state index in [9.17, 15) is 9.59 Å². The van der Waals surface area contributed by atoms with Crippen molar-refractivity contribution in [3.8, 4) is 0 Å². The number of rotatable bonds is 3. The molecule has 2 aliphatic rings. The summed E-state index contributed by atoms with van der Waals surface area (Å²) in [5, 5.41) is 8.95. The maximum Gasteiger partial charge on any atom is 0.306 e. The van der Waals surface area contributed by atoms with Gasteiger partial charge in [0.1, 0.15) is 0 Å². The van der Waals surface area contributed by atoms with Gasteiger partial charge in [0.25, 0.3) is 0 Å². The van der Waals surface area contributed by atoms with Gasteiger partial charge < -0.3 is 10.0 Å². The fourth-order valence-electron chi connectivity index (χ4n) is 3.05. The molecular formula is C14H24N2O3. The SMILES string of the molecule is CC1CCCN(C(=O)CN2CCC(C(=O)O)CC2)C1. The molecule has 2 saturated heterocycles. The lowest BCUT2D eigenvalue weighted by Gasteiger charge is -2.34. The molecule has 5 heteroatoms. The Morgan fingerprint density at radius 3 is 2.42 bits per heavy atom. The van der Waals surface area contributed by atoms with Crippen LogP contribution in [0, 0.1) is 11.8 Å². The molecule has 2 rings (SSSR count). The summed E-state index contributed by atoms with van der Waals surface area (Å²) >= 11 is 0. The third kappa shape index (κ3) is 3.93. The maximum atomic E-state index is 12.2. The van der Waals surface area contributed by atoms with Crippen LogP contribution >= 0.6 is 0 Å². The van der Waals surface area contributed by atoms with Crippen LogP contribution in [0.1, 0.15) is 32.6 Å². The highest BCUT2D eigenvalue weighted by molar-refractivity contribution is 5.78. The number of piperidine rings is 2. The Bertz CT molecular complexity index is 338. The number of carbonyl (C=O) groups is 2. The van der Waals surface area contributed by atoms with Gasteiger partial charge in [0.2, 0.25) is 5.91 Å². The van der Waals surface area contributed by atoms with Crippen molar-refractivity contribution >= 4 is 11.9 Å². The first-order valence-electron chi connectivity index (χ1n) is 7.29. The minimum absolute atomic E-state index is 0.209. The molecule has 0 aromatic carbocycles. The Balaban J connectivity index is 1.75. The lowest BCUT2D eigenvalue weighted by atomic mass is 9.97. The van der Waals surface area contributed by atoms with E-state index < -0.39 is 5.97 Å². The first-order chi connectivity index (χ1) is 9.06. The number of amides is 1. The fourth-order valence-corrected chi connectivity index (χ4v) is 3.05. The monoisotopic (exact) mass is 268 g/mol. The van der Waals surface area contributed by atoms with Crippen LogP contribution in [0.25, 0.3) is 0 Å². The van der Waals surface area contributed by atoms with E-state index in [0.717, 1.165) is 32.6 Å². The van der Waals surface area contributed by atoms with Gasteiger partial charge in [-0.05, 0) is 44.7 Å². The molecule has 0 aromatic heterocycles. The number of likely N-dealkylation sites (tertiary alicyclic amines) is 2. The second-order valence-corrected chi connectivity index (χ2v) is 5.98. The fraction of sp³-hybridized carbons (Fsp3) is 0.857. The Labute approximate surface area is 114 Å². The van der Waals surface area contributed by atoms with Crippen molar-refractivity contribution in [1.82, 2.24) is 9.80 Å². The van der Waals surface area contributed by atoms with Crippen LogP contribution in [0.3, 0.4) is 0 Å². The number of carboxylic acid groups (broad SMARTS) is 1. The van der Waals surface area contributed by atoms with Crippen molar-refractivity contribution in [2.24, 2.45) is 11.8 Å². The van der Waals surface area contributed by atoms with Crippen LogP contribution in [-0.4, -0.2) is 59.5 Å². The molecule has 2 aliphatic heterocycles. The number of carboxylic acids is 1. The van der Waals surface area contributed by atoms with Crippen LogP contribution in [0.2, 0.25) is 0 Å². The third-order valence-electron chi connectivity index (χ3n) is 4.31. The highest BCUT2D eigenvalue weighted by atomic mass is 16.4. The smallest absolute Gasteiger partial charge is 0.306 e. The molecule has 0 aliphatic carbocycles. The van der Waals surface area contributed by atoms with E-state index in [1.807, 2.05) is 4.90 Å². The highest BCUT2D eigenvalue weighted by Crippen LogP contribution is 2.19. The van der Waals surface area contributed by atoms with Crippen molar-refractivity contribution in [2.45, 2.75) is 32.6 Å². The molecule has 2 fully saturated rings. The number of nitrogens with zero attached hydrogens (tertiary/aromatic N) is 2. The van der Waals surface area contributed by atoms with Crippen molar-refractivity contribution in [1.29, 1.82) is 0 Å². The Hall–Kier alpha value is -1.10. The molecule has 5 nitrogen and oxygen atoms in total. The summed E-state index contributed by atoms with van der Waals surface area (Å²) in [6.07, 6.45) is 3.65. The number of hydrogen-bond donors (Lipinski definition) is 1. The zero-order valence-electron chi connectivity index (χ0n) is 11.7. The summed E-state index contributed by atoms with van der Waals surface area (Å²) in [4.78, 5) is 27.1. The molecule has 0 radical (unpaired) electrons. The molecule has 19 heavy (non-hydrogen) atoms. The summed E-state index contributed by atoms with van der Waals surface area (Å²) in [7, 11) is 0. The van der Waals surface area contributed by atoms with Gasteiger partial charge in [-0.15, -0.1) is 0 Å². The lowest BCUT2D eigenvalue weighted by molar-refractivity contribution is -0.143. The van der Waals surface area contributed by atoms with Crippen molar-refractivity contribution in [2.75, 3.05) is 32.7 Å². The summed E-state index contributed by atoms with van der Waals surface area (Å²) in [5.41, 5.74) is 0. The molecule has 0 aromatic rings. The van der Waals surface area contributed by atoms with Gasteiger partial charge in [-0.25, -0.2) is 0 Å². The number of hydrogen-bond acceptors (Lipinski definition) is 3. The Kier molecular flexibility index (Phi) is 4.80. The van der Waals surface area contributed by atoms with Crippen LogP contribution < -0.4 is 0 Å². The number of aliphatic carboxylic acids is 1. The van der Waals surface area contributed by atoms with Crippen molar-refractivity contribution < 1.29 is 14.7 Å². The summed E-state index contributed by atoms with van der Waals surface area (Å²) in [6.45, 7) is 5.87. The van der Waals surface area contributed by atoms with E-state index in [2.05, 4.69) is 11.8 Å². The quantitative estimate of drug-likeness (QED) is 0.831. The Morgan fingerprint density at radius 1 is 1.16 bits per heavy atom. The molecule has 1 amide bonds. The largest absolute Gasteiger partial charge is 0.481 e. The van der Waals surface area contributed by atoms with Gasteiger partial charge >= 0.3 is 5.97 Å². The normalized spacial score (nSPS) is 26.4. The van der Waals surface area contributed by atoms with E-state index in [-0.39, 0.29) is 11.8 Å². The van der Waals surface area contributed by atoms with E-state index >= 15 is 0 Å². The molecule has 1 atom stereocenters. The zero-order chi connectivity index (χ0) is 13.8. The Morgan fingerprint density at radius 2 is 1.84 bits per heavy atom. The summed E-state index contributed by atoms with van der Waals surface area (Å²) in [6, 6.07) is 0. The van der Waals surface area contributed by atoms with Gasteiger partial charge in [-0.1, -0.05) is 6.92 Å². The predicted molar refractivity (Wildman–Crippen MR) is 71.8 cm³/mol. The van der Waals surface area contributed by atoms with Gasteiger partial charge in [-0.3, -0.25) is 14.5 Å². The first kappa shape index (κ1) is 14.3. The van der Waals surface area contributed by atoms with Crippen LogP contribution in [0.5, 0.6) is 0 Å². The van der Waals surface area contributed by atoms with Crippen LogP contribution in [-0.2, 0) is 9.59 Å². The molecule has 108 valence electrons. The minimum Gasteiger partial charge on any atom is -0.481 e. The lowest BCUT2D eigenvalue weighted by Crippen LogP contribution is -2.47. The van der Waals surface area contributed by atoms with E-state index in [1.165, 1.54) is 6.42 Å². The standard InChI is InChI=1S/C14H24N2O3/c1-11-3-2-6-16(9-11)13(17)10-15-7-4-12(5-8-15)14(18)19/h11-12H,2-10H2,1H3,(H,18,19). The molecule has 1 N–H and O–H groups in total. The van der Waals surface area contributed by atoms with Gasteiger partial charge in [0.05, 0.1) is 12.5 Å². The van der Waals surface area contributed by atoms with E-state index in [1.54, 1.807) is 0 Å². The van der Waals surface area contributed by atoms with Gasteiger partial charge in [0, 0.05) is 13.1 Å². The molecule has 0 bridgehead atoms. The van der Waals surface area contributed by atoms with Crippen molar-refractivity contribution in [3.05, 3.63) is 0 Å². The first-order valence-corrected chi connectivity index (χ1v) is 7.29. The van der Waals surface area contributed by atoms with Crippen LogP contribution in [0.15, 0.2) is 0 Å². The molecular weight excluding hydrogens is 244 g/mol. The average molecular weight is 268 g/mol. The van der Waals surface area contributed by atoms with E-state index in [4.69, 9.17) is 5.11 Å². The maximum absolute atomic E-state index is 12.2. The second-order valence-electron chi connectivity index (χ2n) is 5.98. The number of carbonyl (C=O) groups excluding carboxylic acids is 1. The van der Waals surface area contributed by atoms with Gasteiger partial charge in [-0.2, -0.15) is 0 Å². The van der Waals surface area contributed by atoms with Gasteiger partial charge in [0.15, 0.2) is 0 Å². The molecule has 2 heterocycles. The second kappa shape index (κ2) is 6.37. The van der Waals surface area contributed by atoms with E-state index in [0.29, 0.717) is 25.3 Å². The van der Waals surface area contributed by atoms with Crippen molar-refractivity contribution in [3.63, 3.8) is 0 Å². The topological polar surface area (TPSA) is 60.9 Å². The molecule has 0 spiro atoms. The van der Waals surface area contributed by atoms with Crippen LogP contribution in [0.4, 0.5) is 0 Å². The molecule has 1 unspecified atom stereocenters. The average Bonchev–Trinajstić information content (AvgIpc) is 2.39. The summed E-state index contributed by atoms with van der Waals surface area (Å²) in [5.74, 6) is -0.104. The third-order valence-corrected chi connectivity index (χ3v) is 4.31. The minimum atomic E-state index is -0.698.